The molecule has 0 saturated heterocycles. The largest absolute Gasteiger partial charge is 0.276 e. The lowest BCUT2D eigenvalue weighted by molar-refractivity contribution is 0.107. The topological polar surface area (TPSA) is 34.1 Å². The van der Waals surface area contributed by atoms with E-state index in [1.807, 2.05) is 25.1 Å². The van der Waals surface area contributed by atoms with Gasteiger partial charge >= 0.3 is 0 Å². The maximum atomic E-state index is 10.5. The number of halogens is 2. The second-order valence-electron chi connectivity index (χ2n) is 3.78. The van der Waals surface area contributed by atoms with Crippen molar-refractivity contribution >= 4 is 33.7 Å². The number of hydrogen-bond donors (Lipinski definition) is 0. The zero-order valence-corrected chi connectivity index (χ0v) is 11.8. The summed E-state index contributed by atoms with van der Waals surface area (Å²) in [5.41, 5.74) is 2.22. The average Bonchev–Trinajstić information content (AvgIpc) is 2.41. The van der Waals surface area contributed by atoms with Crippen LogP contribution in [0, 0.1) is 6.92 Å². The molecule has 0 fully saturated rings. The molecule has 0 bridgehead atoms. The molecule has 0 amide bonds. The van der Waals surface area contributed by atoms with Gasteiger partial charge in [-0.15, -0.1) is 0 Å². The van der Waals surface area contributed by atoms with Crippen LogP contribution >= 0.6 is 23.2 Å². The smallest absolute Gasteiger partial charge is 0.252 e. The number of aryl methyl sites for hydroxylation is 1. The minimum atomic E-state index is -0.407. The number of carbonyl (C=O) groups is 2. The lowest BCUT2D eigenvalue weighted by Gasteiger charge is -1.92. The molecule has 19 heavy (non-hydrogen) atoms. The van der Waals surface area contributed by atoms with Crippen molar-refractivity contribution in [3.8, 4) is 0 Å². The van der Waals surface area contributed by atoms with E-state index in [1.54, 1.807) is 36.4 Å². The molecule has 0 aliphatic heterocycles. The van der Waals surface area contributed by atoms with E-state index < -0.39 is 10.5 Å². The van der Waals surface area contributed by atoms with E-state index in [-0.39, 0.29) is 0 Å². The first-order chi connectivity index (χ1) is 9.00. The maximum absolute atomic E-state index is 10.5. The molecular formula is C15H12Cl2O2. The van der Waals surface area contributed by atoms with E-state index in [2.05, 4.69) is 0 Å². The molecule has 0 heterocycles. The van der Waals surface area contributed by atoms with Crippen molar-refractivity contribution in [2.24, 2.45) is 0 Å². The van der Waals surface area contributed by atoms with E-state index in [9.17, 15) is 9.59 Å². The number of rotatable bonds is 2. The molecule has 2 rings (SSSR count). The van der Waals surface area contributed by atoms with Gasteiger partial charge in [-0.1, -0.05) is 48.0 Å². The molecule has 0 saturated carbocycles. The van der Waals surface area contributed by atoms with Gasteiger partial charge in [-0.05, 0) is 42.3 Å². The van der Waals surface area contributed by atoms with Crippen LogP contribution in [0.4, 0.5) is 0 Å². The molecule has 2 aromatic carbocycles. The summed E-state index contributed by atoms with van der Waals surface area (Å²) in [4.78, 5) is 20.9. The lowest BCUT2D eigenvalue weighted by Crippen LogP contribution is -1.86. The summed E-state index contributed by atoms with van der Waals surface area (Å²) < 4.78 is 0. The zero-order valence-electron chi connectivity index (χ0n) is 10.3. The fourth-order valence-electron chi connectivity index (χ4n) is 1.25. The molecule has 0 aliphatic rings. The standard InChI is InChI=1S/C8H7ClO.C7H5ClO/c1-6-2-4-7(5-3-6)8(9)10;8-7(9)6-4-2-1-3-5-6/h2-5H,1H3;1-5H. The third-order valence-electron chi connectivity index (χ3n) is 2.28. The van der Waals surface area contributed by atoms with Gasteiger partial charge in [0.2, 0.25) is 0 Å². The Hall–Kier alpha value is -1.64. The Morgan fingerprint density at radius 1 is 0.737 bits per heavy atom. The Kier molecular flexibility index (Phi) is 6.26. The Morgan fingerprint density at radius 2 is 1.16 bits per heavy atom. The predicted octanol–water partition coefficient (Wildman–Crippen LogP) is 4.44. The van der Waals surface area contributed by atoms with Crippen LogP contribution in [0.1, 0.15) is 26.3 Å². The molecule has 0 aromatic heterocycles. The molecule has 0 N–H and O–H groups in total. The quantitative estimate of drug-likeness (QED) is 0.767. The van der Waals surface area contributed by atoms with Gasteiger partial charge in [0.15, 0.2) is 0 Å². The lowest BCUT2D eigenvalue weighted by atomic mass is 10.2. The third-order valence-corrected chi connectivity index (χ3v) is 2.72. The fourth-order valence-corrected chi connectivity index (χ4v) is 1.51. The highest BCUT2D eigenvalue weighted by molar-refractivity contribution is 6.68. The van der Waals surface area contributed by atoms with Crippen LogP contribution in [0.15, 0.2) is 54.6 Å². The van der Waals surface area contributed by atoms with Crippen molar-refractivity contribution in [3.05, 3.63) is 71.3 Å². The Morgan fingerprint density at radius 3 is 1.53 bits per heavy atom. The summed E-state index contributed by atoms with van der Waals surface area (Å²) in [5, 5.41) is -0.810. The SMILES string of the molecule is Cc1ccc(C(=O)Cl)cc1.O=C(Cl)c1ccccc1. The molecular weight excluding hydrogens is 283 g/mol. The van der Waals surface area contributed by atoms with Crippen LogP contribution in [-0.4, -0.2) is 10.5 Å². The predicted molar refractivity (Wildman–Crippen MR) is 78.0 cm³/mol. The molecule has 0 spiro atoms. The van der Waals surface area contributed by atoms with Crippen LogP contribution in [-0.2, 0) is 0 Å². The van der Waals surface area contributed by atoms with Crippen LogP contribution in [0.2, 0.25) is 0 Å². The van der Waals surface area contributed by atoms with Crippen molar-refractivity contribution in [1.29, 1.82) is 0 Å². The molecule has 98 valence electrons. The van der Waals surface area contributed by atoms with Crippen LogP contribution in [0.3, 0.4) is 0 Å². The molecule has 2 aromatic rings. The van der Waals surface area contributed by atoms with E-state index in [4.69, 9.17) is 23.2 Å². The second-order valence-corrected chi connectivity index (χ2v) is 4.47. The van der Waals surface area contributed by atoms with Gasteiger partial charge in [-0.25, -0.2) is 0 Å². The van der Waals surface area contributed by atoms with Gasteiger partial charge in [0, 0.05) is 11.1 Å². The van der Waals surface area contributed by atoms with Crippen molar-refractivity contribution in [2.45, 2.75) is 6.92 Å². The van der Waals surface area contributed by atoms with Crippen LogP contribution < -0.4 is 0 Å². The summed E-state index contributed by atoms with van der Waals surface area (Å²) in [6, 6.07) is 15.9. The van der Waals surface area contributed by atoms with Crippen molar-refractivity contribution < 1.29 is 9.59 Å². The van der Waals surface area contributed by atoms with Crippen molar-refractivity contribution in [1.82, 2.24) is 0 Å². The minimum absolute atomic E-state index is 0.403. The van der Waals surface area contributed by atoms with Crippen LogP contribution in [0.25, 0.3) is 0 Å². The van der Waals surface area contributed by atoms with Gasteiger partial charge in [-0.2, -0.15) is 0 Å². The summed E-state index contributed by atoms with van der Waals surface area (Å²) in [5.74, 6) is 0. The molecule has 0 radical (unpaired) electrons. The average molecular weight is 295 g/mol. The molecule has 0 unspecified atom stereocenters. The monoisotopic (exact) mass is 294 g/mol. The Bertz CT molecular complexity index is 548. The molecule has 0 aliphatic carbocycles. The summed E-state index contributed by atoms with van der Waals surface area (Å²) in [6.45, 7) is 1.96. The zero-order chi connectivity index (χ0) is 14.3. The molecule has 4 heteroatoms. The summed E-state index contributed by atoms with van der Waals surface area (Å²) >= 11 is 10.4. The second kappa shape index (κ2) is 7.72. The fraction of sp³-hybridized carbons (Fsp3) is 0.0667. The van der Waals surface area contributed by atoms with Crippen LogP contribution in [0.5, 0.6) is 0 Å². The number of benzene rings is 2. The van der Waals surface area contributed by atoms with Gasteiger partial charge in [0.25, 0.3) is 10.5 Å². The minimum Gasteiger partial charge on any atom is -0.276 e. The van der Waals surface area contributed by atoms with Crippen molar-refractivity contribution in [3.63, 3.8) is 0 Å². The number of carbonyl (C=O) groups excluding carboxylic acids is 2. The van der Waals surface area contributed by atoms with Gasteiger partial charge in [0.05, 0.1) is 0 Å². The third kappa shape index (κ3) is 5.69. The highest BCUT2D eigenvalue weighted by Crippen LogP contribution is 2.05. The van der Waals surface area contributed by atoms with E-state index in [1.165, 1.54) is 0 Å². The highest BCUT2D eigenvalue weighted by atomic mass is 35.5. The number of hydrogen-bond acceptors (Lipinski definition) is 2. The summed E-state index contributed by atoms with van der Waals surface area (Å²) in [7, 11) is 0. The first-order valence-corrected chi connectivity index (χ1v) is 6.27. The normalized spacial score (nSPS) is 9.21. The summed E-state index contributed by atoms with van der Waals surface area (Å²) in [6.07, 6.45) is 0. The Balaban J connectivity index is 0.000000191. The van der Waals surface area contributed by atoms with Gasteiger partial charge in [-0.3, -0.25) is 9.59 Å². The first kappa shape index (κ1) is 15.4. The van der Waals surface area contributed by atoms with Gasteiger partial charge < -0.3 is 0 Å². The van der Waals surface area contributed by atoms with Gasteiger partial charge in [0.1, 0.15) is 0 Å². The molecule has 0 atom stereocenters. The van der Waals surface area contributed by atoms with E-state index in [0.29, 0.717) is 11.1 Å². The van der Waals surface area contributed by atoms with E-state index in [0.717, 1.165) is 5.56 Å². The maximum Gasteiger partial charge on any atom is 0.252 e. The highest BCUT2D eigenvalue weighted by Gasteiger charge is 1.98. The molecule has 2 nitrogen and oxygen atoms in total. The first-order valence-electron chi connectivity index (χ1n) is 5.52. The van der Waals surface area contributed by atoms with Crippen molar-refractivity contribution in [2.75, 3.05) is 0 Å². The van der Waals surface area contributed by atoms with E-state index >= 15 is 0 Å². The Labute approximate surface area is 122 Å².